The van der Waals surface area contributed by atoms with Crippen LogP contribution in [0.5, 0.6) is 0 Å². The largest absolute Gasteiger partial charge is 0.334 e. The Kier molecular flexibility index (Phi) is 2.95. The van der Waals surface area contributed by atoms with Crippen molar-refractivity contribution in [3.05, 3.63) is 33.8 Å². The fourth-order valence-electron chi connectivity index (χ4n) is 3.83. The standard InChI is InChI=1S/C16H17BrN2O/c17-11-3-4-12-10(8-11)5-7-19-15(12)9-14-13(16(19)20)2-1-6-18-14/h3-4,8,13,15H,1-2,5-7,9H2. The first-order chi connectivity index (χ1) is 9.74. The molecule has 0 aromatic heterocycles. The van der Waals surface area contributed by atoms with Crippen molar-refractivity contribution in [2.24, 2.45) is 10.9 Å². The number of carbonyl (C=O) groups excluding carboxylic acids is 1. The Labute approximate surface area is 127 Å². The van der Waals surface area contributed by atoms with Crippen LogP contribution >= 0.6 is 15.9 Å². The molecule has 3 aliphatic heterocycles. The van der Waals surface area contributed by atoms with E-state index in [1.165, 1.54) is 11.1 Å². The summed E-state index contributed by atoms with van der Waals surface area (Å²) >= 11 is 3.54. The number of rotatable bonds is 0. The van der Waals surface area contributed by atoms with Crippen molar-refractivity contribution in [1.82, 2.24) is 4.90 Å². The Morgan fingerprint density at radius 1 is 1.35 bits per heavy atom. The molecule has 0 aliphatic carbocycles. The molecule has 0 N–H and O–H groups in total. The topological polar surface area (TPSA) is 32.7 Å². The van der Waals surface area contributed by atoms with Crippen LogP contribution in [-0.4, -0.2) is 29.6 Å². The Morgan fingerprint density at radius 3 is 3.15 bits per heavy atom. The van der Waals surface area contributed by atoms with Crippen molar-refractivity contribution in [2.75, 3.05) is 13.1 Å². The Morgan fingerprint density at radius 2 is 2.25 bits per heavy atom. The molecule has 1 amide bonds. The minimum Gasteiger partial charge on any atom is -0.334 e. The normalized spacial score (nSPS) is 28.4. The lowest BCUT2D eigenvalue weighted by atomic mass is 9.79. The van der Waals surface area contributed by atoms with Crippen LogP contribution in [0.2, 0.25) is 0 Å². The van der Waals surface area contributed by atoms with Crippen LogP contribution in [-0.2, 0) is 11.2 Å². The zero-order valence-corrected chi connectivity index (χ0v) is 12.9. The third kappa shape index (κ3) is 1.85. The number of benzene rings is 1. The van der Waals surface area contributed by atoms with Crippen molar-refractivity contribution in [2.45, 2.75) is 31.7 Å². The van der Waals surface area contributed by atoms with Gasteiger partial charge < -0.3 is 4.90 Å². The van der Waals surface area contributed by atoms with E-state index >= 15 is 0 Å². The molecule has 0 bridgehead atoms. The van der Waals surface area contributed by atoms with Crippen LogP contribution in [0.1, 0.15) is 36.4 Å². The Hall–Kier alpha value is -1.16. The second kappa shape index (κ2) is 4.69. The summed E-state index contributed by atoms with van der Waals surface area (Å²) in [4.78, 5) is 19.5. The maximum Gasteiger partial charge on any atom is 0.231 e. The van der Waals surface area contributed by atoms with Gasteiger partial charge in [0.2, 0.25) is 5.91 Å². The summed E-state index contributed by atoms with van der Waals surface area (Å²) in [5, 5.41) is 0. The fourth-order valence-corrected chi connectivity index (χ4v) is 4.24. The number of fused-ring (bicyclic) bond motifs is 4. The monoisotopic (exact) mass is 332 g/mol. The molecule has 3 aliphatic rings. The average molecular weight is 333 g/mol. The van der Waals surface area contributed by atoms with Gasteiger partial charge in [0.1, 0.15) is 0 Å². The molecule has 1 saturated heterocycles. The van der Waals surface area contributed by atoms with Gasteiger partial charge in [-0.1, -0.05) is 22.0 Å². The molecule has 4 heteroatoms. The average Bonchev–Trinajstić information content (AvgIpc) is 2.47. The van der Waals surface area contributed by atoms with Gasteiger partial charge in [-0.05, 0) is 42.5 Å². The van der Waals surface area contributed by atoms with Gasteiger partial charge in [-0.25, -0.2) is 0 Å². The summed E-state index contributed by atoms with van der Waals surface area (Å²) in [6.07, 6.45) is 3.96. The van der Waals surface area contributed by atoms with Crippen LogP contribution in [0.15, 0.2) is 27.7 Å². The molecule has 0 spiro atoms. The summed E-state index contributed by atoms with van der Waals surface area (Å²) in [5.74, 6) is 0.394. The highest BCUT2D eigenvalue weighted by atomic mass is 79.9. The molecule has 1 aromatic rings. The number of nitrogens with zero attached hydrogens (tertiary/aromatic N) is 2. The zero-order valence-electron chi connectivity index (χ0n) is 11.3. The Bertz CT molecular complexity index is 610. The molecule has 2 unspecified atom stereocenters. The zero-order chi connectivity index (χ0) is 13.7. The van der Waals surface area contributed by atoms with E-state index in [-0.39, 0.29) is 12.0 Å². The van der Waals surface area contributed by atoms with Gasteiger partial charge in [-0.3, -0.25) is 9.79 Å². The number of hydrogen-bond donors (Lipinski definition) is 0. The van der Waals surface area contributed by atoms with E-state index in [2.05, 4.69) is 44.0 Å². The maximum absolute atomic E-state index is 12.7. The highest BCUT2D eigenvalue weighted by Crippen LogP contribution is 2.40. The molecule has 0 radical (unpaired) electrons. The molecule has 3 heterocycles. The van der Waals surface area contributed by atoms with E-state index in [1.807, 2.05) is 0 Å². The second-order valence-electron chi connectivity index (χ2n) is 5.91. The van der Waals surface area contributed by atoms with E-state index in [0.717, 1.165) is 49.0 Å². The van der Waals surface area contributed by atoms with Crippen LogP contribution < -0.4 is 0 Å². The van der Waals surface area contributed by atoms with Crippen molar-refractivity contribution in [1.29, 1.82) is 0 Å². The van der Waals surface area contributed by atoms with Crippen molar-refractivity contribution in [3.63, 3.8) is 0 Å². The predicted octanol–water partition coefficient (Wildman–Crippen LogP) is 3.13. The molecule has 1 aromatic carbocycles. The smallest absolute Gasteiger partial charge is 0.231 e. The highest BCUT2D eigenvalue weighted by molar-refractivity contribution is 9.10. The first-order valence-electron chi connectivity index (χ1n) is 7.36. The molecule has 104 valence electrons. The third-order valence-electron chi connectivity index (χ3n) is 4.81. The van der Waals surface area contributed by atoms with Crippen molar-refractivity contribution < 1.29 is 4.79 Å². The number of piperidine rings is 1. The first kappa shape index (κ1) is 12.6. The summed E-state index contributed by atoms with van der Waals surface area (Å²) in [7, 11) is 0. The number of hydrogen-bond acceptors (Lipinski definition) is 2. The lowest BCUT2D eigenvalue weighted by molar-refractivity contribution is -0.138. The highest BCUT2D eigenvalue weighted by Gasteiger charge is 2.42. The molecule has 1 fully saturated rings. The van der Waals surface area contributed by atoms with Crippen molar-refractivity contribution >= 4 is 27.5 Å². The molecule has 2 atom stereocenters. The van der Waals surface area contributed by atoms with E-state index in [0.29, 0.717) is 5.91 Å². The first-order valence-corrected chi connectivity index (χ1v) is 8.15. The number of halogens is 1. The minimum absolute atomic E-state index is 0.0806. The second-order valence-corrected chi connectivity index (χ2v) is 6.83. The fraction of sp³-hybridized carbons (Fsp3) is 0.500. The van der Waals surface area contributed by atoms with Crippen LogP contribution in [0.3, 0.4) is 0 Å². The molecular formula is C16H17BrN2O. The quantitative estimate of drug-likeness (QED) is 0.718. The molecule has 3 nitrogen and oxygen atoms in total. The van der Waals surface area contributed by atoms with Gasteiger partial charge >= 0.3 is 0 Å². The SMILES string of the molecule is O=C1C2CCCN=C2CC2c3ccc(Br)cc3CCN12. The van der Waals surface area contributed by atoms with Gasteiger partial charge in [0.05, 0.1) is 12.0 Å². The van der Waals surface area contributed by atoms with E-state index in [1.54, 1.807) is 0 Å². The summed E-state index contributed by atoms with van der Waals surface area (Å²) in [6, 6.07) is 6.67. The van der Waals surface area contributed by atoms with Gasteiger partial charge in [-0.2, -0.15) is 0 Å². The van der Waals surface area contributed by atoms with Crippen LogP contribution in [0.25, 0.3) is 0 Å². The third-order valence-corrected chi connectivity index (χ3v) is 5.31. The number of carbonyl (C=O) groups is 1. The van der Waals surface area contributed by atoms with Crippen molar-refractivity contribution in [3.8, 4) is 0 Å². The van der Waals surface area contributed by atoms with Gasteiger partial charge in [-0.15, -0.1) is 0 Å². The summed E-state index contributed by atoms with van der Waals surface area (Å²) in [6.45, 7) is 1.76. The Balaban J connectivity index is 1.76. The molecule has 4 rings (SSSR count). The van der Waals surface area contributed by atoms with E-state index in [4.69, 9.17) is 0 Å². The van der Waals surface area contributed by atoms with Gasteiger partial charge in [0, 0.05) is 29.7 Å². The molecular weight excluding hydrogens is 316 g/mol. The van der Waals surface area contributed by atoms with Gasteiger partial charge in [0.15, 0.2) is 0 Å². The van der Waals surface area contributed by atoms with Crippen LogP contribution in [0.4, 0.5) is 0 Å². The molecule has 0 saturated carbocycles. The van der Waals surface area contributed by atoms with Gasteiger partial charge in [0.25, 0.3) is 0 Å². The summed E-state index contributed by atoms with van der Waals surface area (Å²) in [5.41, 5.74) is 3.85. The number of amides is 1. The minimum atomic E-state index is 0.0806. The van der Waals surface area contributed by atoms with E-state index in [9.17, 15) is 4.79 Å². The van der Waals surface area contributed by atoms with Crippen LogP contribution in [0, 0.1) is 5.92 Å². The maximum atomic E-state index is 12.7. The van der Waals surface area contributed by atoms with E-state index < -0.39 is 0 Å². The number of aliphatic imine (C=N–C) groups is 1. The lowest BCUT2D eigenvalue weighted by Crippen LogP contribution is -2.51. The lowest BCUT2D eigenvalue weighted by Gasteiger charge is -2.44. The molecule has 20 heavy (non-hydrogen) atoms. The summed E-state index contributed by atoms with van der Waals surface area (Å²) < 4.78 is 1.12. The predicted molar refractivity (Wildman–Crippen MR) is 81.9 cm³/mol.